The average Bonchev–Trinajstić information content (AvgIpc) is 3.04. The van der Waals surface area contributed by atoms with Crippen molar-refractivity contribution in [2.45, 2.75) is 19.1 Å². The van der Waals surface area contributed by atoms with Crippen molar-refractivity contribution in [1.82, 2.24) is 20.2 Å². The molecular formula is C16H13F3N4. The van der Waals surface area contributed by atoms with Gasteiger partial charge in [-0.2, -0.15) is 18.0 Å². The predicted molar refractivity (Wildman–Crippen MR) is 78.5 cm³/mol. The molecule has 23 heavy (non-hydrogen) atoms. The van der Waals surface area contributed by atoms with Crippen LogP contribution in [-0.4, -0.2) is 20.2 Å². The third-order valence-corrected chi connectivity index (χ3v) is 3.50. The van der Waals surface area contributed by atoms with E-state index in [-0.39, 0.29) is 17.4 Å². The van der Waals surface area contributed by atoms with Crippen molar-refractivity contribution >= 4 is 0 Å². The molecule has 1 aromatic heterocycles. The summed E-state index contributed by atoms with van der Waals surface area (Å²) in [5.41, 5.74) is 0.536. The fourth-order valence-corrected chi connectivity index (χ4v) is 2.20. The Morgan fingerprint density at radius 2 is 1.74 bits per heavy atom. The highest BCUT2D eigenvalue weighted by molar-refractivity contribution is 5.55. The summed E-state index contributed by atoms with van der Waals surface area (Å²) >= 11 is 0. The van der Waals surface area contributed by atoms with Crippen LogP contribution in [0.2, 0.25) is 0 Å². The molecule has 0 amide bonds. The van der Waals surface area contributed by atoms with Crippen molar-refractivity contribution in [2.24, 2.45) is 0 Å². The summed E-state index contributed by atoms with van der Waals surface area (Å²) < 4.78 is 38.3. The highest BCUT2D eigenvalue weighted by atomic mass is 19.4. The van der Waals surface area contributed by atoms with Crippen LogP contribution in [0.3, 0.4) is 0 Å². The molecule has 3 rings (SSSR count). The maximum absolute atomic E-state index is 12.8. The number of alkyl halides is 3. The molecule has 1 unspecified atom stereocenters. The predicted octanol–water partition coefficient (Wildman–Crippen LogP) is 3.97. The standard InChI is InChI=1S/C16H13F3N4/c1-11(12-6-3-2-4-7-12)23-21-15(20-22-23)13-8-5-9-14(10-13)16(17,18)19/h2-11H,1H3. The molecule has 1 atom stereocenters. The minimum absolute atomic E-state index is 0.164. The van der Waals surface area contributed by atoms with Crippen LogP contribution in [0.5, 0.6) is 0 Å². The molecule has 0 aliphatic heterocycles. The van der Waals surface area contributed by atoms with E-state index in [4.69, 9.17) is 0 Å². The lowest BCUT2D eigenvalue weighted by Gasteiger charge is -2.09. The molecule has 2 aromatic carbocycles. The molecule has 0 bridgehead atoms. The van der Waals surface area contributed by atoms with Gasteiger partial charge in [-0.1, -0.05) is 42.5 Å². The van der Waals surface area contributed by atoms with E-state index in [1.165, 1.54) is 16.9 Å². The van der Waals surface area contributed by atoms with Crippen LogP contribution in [0, 0.1) is 0 Å². The SMILES string of the molecule is CC(c1ccccc1)n1nnc(-c2cccc(C(F)(F)F)c2)n1. The summed E-state index contributed by atoms with van der Waals surface area (Å²) in [6, 6.07) is 14.3. The Bertz CT molecular complexity index is 796. The van der Waals surface area contributed by atoms with Gasteiger partial charge in [0, 0.05) is 5.56 Å². The quantitative estimate of drug-likeness (QED) is 0.734. The number of hydrogen-bond acceptors (Lipinski definition) is 3. The van der Waals surface area contributed by atoms with Crippen LogP contribution < -0.4 is 0 Å². The van der Waals surface area contributed by atoms with Crippen molar-refractivity contribution in [3.8, 4) is 11.4 Å². The Hall–Kier alpha value is -2.70. The molecule has 7 heteroatoms. The van der Waals surface area contributed by atoms with E-state index in [0.29, 0.717) is 0 Å². The van der Waals surface area contributed by atoms with Gasteiger partial charge in [-0.3, -0.25) is 0 Å². The van der Waals surface area contributed by atoms with Crippen LogP contribution in [0.4, 0.5) is 13.2 Å². The largest absolute Gasteiger partial charge is 0.416 e. The topological polar surface area (TPSA) is 43.6 Å². The molecule has 0 saturated carbocycles. The second kappa shape index (κ2) is 5.83. The number of halogens is 3. The molecule has 0 N–H and O–H groups in total. The van der Waals surface area contributed by atoms with Crippen molar-refractivity contribution < 1.29 is 13.2 Å². The third-order valence-electron chi connectivity index (χ3n) is 3.50. The molecule has 0 fully saturated rings. The molecule has 0 saturated heterocycles. The number of hydrogen-bond donors (Lipinski definition) is 0. The monoisotopic (exact) mass is 318 g/mol. The Kier molecular flexibility index (Phi) is 3.85. The Morgan fingerprint density at radius 1 is 1.00 bits per heavy atom. The molecule has 3 aromatic rings. The van der Waals surface area contributed by atoms with Crippen LogP contribution in [-0.2, 0) is 6.18 Å². The van der Waals surface area contributed by atoms with Gasteiger partial charge in [0.15, 0.2) is 0 Å². The Morgan fingerprint density at radius 3 is 2.43 bits per heavy atom. The first-order valence-corrected chi connectivity index (χ1v) is 6.97. The molecule has 1 heterocycles. The van der Waals surface area contributed by atoms with E-state index in [0.717, 1.165) is 17.7 Å². The molecule has 0 radical (unpaired) electrons. The molecule has 118 valence electrons. The first kappa shape index (κ1) is 15.2. The second-order valence-electron chi connectivity index (χ2n) is 5.10. The first-order valence-electron chi connectivity index (χ1n) is 6.97. The smallest absolute Gasteiger partial charge is 0.166 e. The zero-order valence-electron chi connectivity index (χ0n) is 12.2. The van der Waals surface area contributed by atoms with E-state index < -0.39 is 11.7 Å². The first-order chi connectivity index (χ1) is 10.9. The number of tetrazole rings is 1. The fourth-order valence-electron chi connectivity index (χ4n) is 2.20. The van der Waals surface area contributed by atoms with E-state index in [1.54, 1.807) is 0 Å². The highest BCUT2D eigenvalue weighted by Crippen LogP contribution is 2.31. The molecule has 0 aliphatic carbocycles. The van der Waals surface area contributed by atoms with Crippen molar-refractivity contribution in [2.75, 3.05) is 0 Å². The molecule has 0 spiro atoms. The number of benzene rings is 2. The number of aromatic nitrogens is 4. The van der Waals surface area contributed by atoms with Gasteiger partial charge >= 0.3 is 6.18 Å². The van der Waals surface area contributed by atoms with E-state index in [9.17, 15) is 13.2 Å². The lowest BCUT2D eigenvalue weighted by atomic mass is 10.1. The number of nitrogens with zero attached hydrogens (tertiary/aromatic N) is 4. The zero-order valence-corrected chi connectivity index (χ0v) is 12.2. The highest BCUT2D eigenvalue weighted by Gasteiger charge is 2.30. The van der Waals surface area contributed by atoms with Crippen LogP contribution >= 0.6 is 0 Å². The van der Waals surface area contributed by atoms with E-state index in [2.05, 4.69) is 15.4 Å². The van der Waals surface area contributed by atoms with E-state index in [1.807, 2.05) is 37.3 Å². The zero-order chi connectivity index (χ0) is 16.4. The summed E-state index contributed by atoms with van der Waals surface area (Å²) in [5, 5.41) is 12.0. The summed E-state index contributed by atoms with van der Waals surface area (Å²) in [6.45, 7) is 1.90. The van der Waals surface area contributed by atoms with Gasteiger partial charge in [0.25, 0.3) is 0 Å². The minimum atomic E-state index is -4.40. The summed E-state index contributed by atoms with van der Waals surface area (Å²) in [7, 11) is 0. The maximum Gasteiger partial charge on any atom is 0.416 e. The van der Waals surface area contributed by atoms with E-state index >= 15 is 0 Å². The molecule has 0 aliphatic rings. The molecular weight excluding hydrogens is 305 g/mol. The fraction of sp³-hybridized carbons (Fsp3) is 0.188. The normalized spacial score (nSPS) is 13.0. The maximum atomic E-state index is 12.8. The Balaban J connectivity index is 1.91. The van der Waals surface area contributed by atoms with Gasteiger partial charge in [-0.05, 0) is 29.8 Å². The van der Waals surface area contributed by atoms with Gasteiger partial charge in [-0.15, -0.1) is 10.2 Å². The second-order valence-corrected chi connectivity index (χ2v) is 5.10. The lowest BCUT2D eigenvalue weighted by Crippen LogP contribution is -2.10. The summed E-state index contributed by atoms with van der Waals surface area (Å²) in [4.78, 5) is 1.39. The molecule has 4 nitrogen and oxygen atoms in total. The van der Waals surface area contributed by atoms with Crippen LogP contribution in [0.15, 0.2) is 54.6 Å². The Labute approximate surface area is 130 Å². The van der Waals surface area contributed by atoms with Gasteiger partial charge in [0.05, 0.1) is 11.6 Å². The van der Waals surface area contributed by atoms with Crippen LogP contribution in [0.25, 0.3) is 11.4 Å². The van der Waals surface area contributed by atoms with Crippen molar-refractivity contribution in [3.63, 3.8) is 0 Å². The minimum Gasteiger partial charge on any atom is -0.166 e. The summed E-state index contributed by atoms with van der Waals surface area (Å²) in [6.07, 6.45) is -4.40. The van der Waals surface area contributed by atoms with Gasteiger partial charge in [0.2, 0.25) is 5.82 Å². The van der Waals surface area contributed by atoms with Crippen molar-refractivity contribution in [3.05, 3.63) is 65.7 Å². The van der Waals surface area contributed by atoms with Gasteiger partial charge in [-0.25, -0.2) is 0 Å². The van der Waals surface area contributed by atoms with Crippen LogP contribution in [0.1, 0.15) is 24.1 Å². The van der Waals surface area contributed by atoms with Gasteiger partial charge < -0.3 is 0 Å². The lowest BCUT2D eigenvalue weighted by molar-refractivity contribution is -0.137. The third kappa shape index (κ3) is 3.23. The average molecular weight is 318 g/mol. The number of rotatable bonds is 3. The van der Waals surface area contributed by atoms with Crippen molar-refractivity contribution in [1.29, 1.82) is 0 Å². The summed E-state index contributed by atoms with van der Waals surface area (Å²) in [5.74, 6) is 0.166. The van der Waals surface area contributed by atoms with Gasteiger partial charge in [0.1, 0.15) is 0 Å².